The van der Waals surface area contributed by atoms with Gasteiger partial charge in [-0.2, -0.15) is 0 Å². The Morgan fingerprint density at radius 2 is 1.89 bits per heavy atom. The minimum atomic E-state index is -0.280. The van der Waals surface area contributed by atoms with Crippen LogP contribution in [0.1, 0.15) is 38.8 Å². The summed E-state index contributed by atoms with van der Waals surface area (Å²) in [6.45, 7) is 7.64. The molecule has 1 aromatic carbocycles. The Labute approximate surface area is 115 Å². The molecule has 0 radical (unpaired) electrons. The quantitative estimate of drug-likeness (QED) is 0.757. The molecule has 0 heterocycles. The highest BCUT2D eigenvalue weighted by Gasteiger charge is 2.05. The summed E-state index contributed by atoms with van der Waals surface area (Å²) in [5.41, 5.74) is 6.27. The molecule has 19 heavy (non-hydrogen) atoms. The molecule has 3 N–H and O–H groups in total. The van der Waals surface area contributed by atoms with Crippen molar-refractivity contribution >= 4 is 5.91 Å². The third-order valence-electron chi connectivity index (χ3n) is 2.79. The molecule has 0 fully saturated rings. The van der Waals surface area contributed by atoms with E-state index in [0.717, 1.165) is 12.4 Å². The van der Waals surface area contributed by atoms with Crippen LogP contribution in [-0.4, -0.2) is 19.1 Å². The first-order valence-corrected chi connectivity index (χ1v) is 6.73. The molecule has 0 aliphatic rings. The summed E-state index contributed by atoms with van der Waals surface area (Å²) in [6.07, 6.45) is 0.361. The van der Waals surface area contributed by atoms with Crippen molar-refractivity contribution in [2.75, 3.05) is 13.2 Å². The van der Waals surface area contributed by atoms with E-state index in [0.29, 0.717) is 18.9 Å². The maximum Gasteiger partial charge on any atom is 0.218 e. The number of nitrogens with two attached hydrogens (primary N) is 1. The monoisotopic (exact) mass is 264 g/mol. The molecule has 1 unspecified atom stereocenters. The number of hydrogen-bond acceptors (Lipinski definition) is 3. The van der Waals surface area contributed by atoms with Crippen LogP contribution in [0.15, 0.2) is 24.3 Å². The molecule has 106 valence electrons. The van der Waals surface area contributed by atoms with E-state index in [2.05, 4.69) is 26.1 Å². The molecule has 0 aliphatic carbocycles. The average molecular weight is 264 g/mol. The lowest BCUT2D eigenvalue weighted by molar-refractivity contribution is -0.117. The Kier molecular flexibility index (Phi) is 6.36. The first kappa shape index (κ1) is 15.5. The Balaban J connectivity index is 2.43. The van der Waals surface area contributed by atoms with E-state index in [1.807, 2.05) is 24.3 Å². The second-order valence-corrected chi connectivity index (χ2v) is 5.17. The molecule has 1 rings (SSSR count). The van der Waals surface area contributed by atoms with Crippen LogP contribution in [0.3, 0.4) is 0 Å². The predicted molar refractivity (Wildman–Crippen MR) is 77.0 cm³/mol. The van der Waals surface area contributed by atoms with E-state index in [9.17, 15) is 4.79 Å². The van der Waals surface area contributed by atoms with Crippen molar-refractivity contribution in [1.29, 1.82) is 0 Å². The van der Waals surface area contributed by atoms with Gasteiger partial charge in [-0.1, -0.05) is 26.0 Å². The number of ether oxygens (including phenoxy) is 1. The van der Waals surface area contributed by atoms with Gasteiger partial charge in [0.25, 0.3) is 0 Å². The van der Waals surface area contributed by atoms with Crippen molar-refractivity contribution in [1.82, 2.24) is 5.32 Å². The summed E-state index contributed by atoms with van der Waals surface area (Å²) in [5, 5.41) is 3.26. The van der Waals surface area contributed by atoms with Gasteiger partial charge in [-0.3, -0.25) is 4.79 Å². The van der Waals surface area contributed by atoms with Gasteiger partial charge in [0.05, 0.1) is 6.61 Å². The molecule has 0 aliphatic heterocycles. The van der Waals surface area contributed by atoms with Crippen LogP contribution in [0.5, 0.6) is 5.75 Å². The number of benzene rings is 1. The van der Waals surface area contributed by atoms with Gasteiger partial charge >= 0.3 is 0 Å². The lowest BCUT2D eigenvalue weighted by Gasteiger charge is -2.15. The Bertz CT molecular complexity index is 388. The van der Waals surface area contributed by atoms with E-state index in [-0.39, 0.29) is 11.9 Å². The van der Waals surface area contributed by atoms with Gasteiger partial charge < -0.3 is 15.8 Å². The van der Waals surface area contributed by atoms with Gasteiger partial charge in [0.2, 0.25) is 5.91 Å². The zero-order valence-corrected chi connectivity index (χ0v) is 12.0. The van der Waals surface area contributed by atoms with Crippen molar-refractivity contribution in [2.24, 2.45) is 11.7 Å². The average Bonchev–Trinajstić information content (AvgIpc) is 2.36. The van der Waals surface area contributed by atoms with E-state index >= 15 is 0 Å². The fourth-order valence-electron chi connectivity index (χ4n) is 1.65. The zero-order valence-electron chi connectivity index (χ0n) is 12.0. The maximum absolute atomic E-state index is 10.7. The first-order chi connectivity index (χ1) is 8.99. The van der Waals surface area contributed by atoms with Crippen LogP contribution < -0.4 is 15.8 Å². The van der Waals surface area contributed by atoms with Gasteiger partial charge in [0.15, 0.2) is 0 Å². The summed E-state index contributed by atoms with van der Waals surface area (Å²) in [5.74, 6) is 1.13. The number of amides is 1. The molecule has 1 atom stereocenters. The van der Waals surface area contributed by atoms with Gasteiger partial charge in [0, 0.05) is 19.0 Å². The van der Waals surface area contributed by atoms with Crippen molar-refractivity contribution < 1.29 is 9.53 Å². The van der Waals surface area contributed by atoms with Gasteiger partial charge in [-0.25, -0.2) is 0 Å². The normalized spacial score (nSPS) is 12.4. The van der Waals surface area contributed by atoms with E-state index < -0.39 is 0 Å². The highest BCUT2D eigenvalue weighted by atomic mass is 16.5. The number of carbonyl (C=O) groups excluding carboxylic acids is 1. The third-order valence-corrected chi connectivity index (χ3v) is 2.79. The smallest absolute Gasteiger partial charge is 0.218 e. The number of carbonyl (C=O) groups is 1. The standard InChI is InChI=1S/C15H24N2O2/c1-11(2)10-19-14-6-4-13(5-7-14)12(3)17-9-8-15(16)18/h4-7,11-12,17H,8-10H2,1-3H3,(H2,16,18). The Morgan fingerprint density at radius 3 is 2.42 bits per heavy atom. The lowest BCUT2D eigenvalue weighted by Crippen LogP contribution is -2.24. The van der Waals surface area contributed by atoms with Crippen LogP contribution >= 0.6 is 0 Å². The molecule has 4 nitrogen and oxygen atoms in total. The highest BCUT2D eigenvalue weighted by molar-refractivity contribution is 5.73. The first-order valence-electron chi connectivity index (χ1n) is 6.73. The molecule has 0 aromatic heterocycles. The molecule has 4 heteroatoms. The van der Waals surface area contributed by atoms with Gasteiger partial charge in [-0.15, -0.1) is 0 Å². The fourth-order valence-corrected chi connectivity index (χ4v) is 1.65. The van der Waals surface area contributed by atoms with Crippen LogP contribution in [0.2, 0.25) is 0 Å². The van der Waals surface area contributed by atoms with E-state index in [1.54, 1.807) is 0 Å². The van der Waals surface area contributed by atoms with E-state index in [4.69, 9.17) is 10.5 Å². The molecule has 0 saturated carbocycles. The van der Waals surface area contributed by atoms with Crippen molar-refractivity contribution in [3.8, 4) is 5.75 Å². The second-order valence-electron chi connectivity index (χ2n) is 5.17. The van der Waals surface area contributed by atoms with Crippen LogP contribution in [0.4, 0.5) is 0 Å². The fraction of sp³-hybridized carbons (Fsp3) is 0.533. The van der Waals surface area contributed by atoms with Crippen molar-refractivity contribution in [3.63, 3.8) is 0 Å². The summed E-state index contributed by atoms with van der Waals surface area (Å²) >= 11 is 0. The highest BCUT2D eigenvalue weighted by Crippen LogP contribution is 2.18. The van der Waals surface area contributed by atoms with Crippen molar-refractivity contribution in [2.45, 2.75) is 33.2 Å². The lowest BCUT2D eigenvalue weighted by atomic mass is 10.1. The summed E-state index contributed by atoms with van der Waals surface area (Å²) < 4.78 is 5.63. The minimum Gasteiger partial charge on any atom is -0.493 e. The molecule has 1 aromatic rings. The topological polar surface area (TPSA) is 64.3 Å². The Morgan fingerprint density at radius 1 is 1.26 bits per heavy atom. The van der Waals surface area contributed by atoms with E-state index in [1.165, 1.54) is 5.56 Å². The SMILES string of the molecule is CC(C)COc1ccc(C(C)NCCC(N)=O)cc1. The third kappa shape index (κ3) is 6.25. The van der Waals surface area contributed by atoms with Gasteiger partial charge in [-0.05, 0) is 30.5 Å². The zero-order chi connectivity index (χ0) is 14.3. The summed E-state index contributed by atoms with van der Waals surface area (Å²) in [6, 6.07) is 8.22. The molecular weight excluding hydrogens is 240 g/mol. The van der Waals surface area contributed by atoms with Crippen LogP contribution in [-0.2, 0) is 4.79 Å². The number of rotatable bonds is 8. The minimum absolute atomic E-state index is 0.193. The summed E-state index contributed by atoms with van der Waals surface area (Å²) in [7, 11) is 0. The predicted octanol–water partition coefficient (Wildman–Crippen LogP) is 2.25. The Hall–Kier alpha value is -1.55. The largest absolute Gasteiger partial charge is 0.493 e. The molecule has 0 bridgehead atoms. The van der Waals surface area contributed by atoms with Crippen molar-refractivity contribution in [3.05, 3.63) is 29.8 Å². The van der Waals surface area contributed by atoms with Crippen LogP contribution in [0.25, 0.3) is 0 Å². The number of nitrogens with one attached hydrogen (secondary N) is 1. The maximum atomic E-state index is 10.7. The molecule has 0 saturated heterocycles. The second kappa shape index (κ2) is 7.79. The molecule has 0 spiro atoms. The number of primary amides is 1. The van der Waals surface area contributed by atoms with Crippen LogP contribution in [0, 0.1) is 5.92 Å². The van der Waals surface area contributed by atoms with Gasteiger partial charge in [0.1, 0.15) is 5.75 Å². The molecule has 1 amide bonds. The number of hydrogen-bond donors (Lipinski definition) is 2. The summed E-state index contributed by atoms with van der Waals surface area (Å²) in [4.78, 5) is 10.7. The molecular formula is C15H24N2O2.